The van der Waals surface area contributed by atoms with E-state index in [1.165, 1.54) is 18.2 Å². The van der Waals surface area contributed by atoms with Crippen molar-refractivity contribution in [3.8, 4) is 11.6 Å². The maximum absolute atomic E-state index is 12.7. The van der Waals surface area contributed by atoms with Crippen molar-refractivity contribution in [2.24, 2.45) is 0 Å². The summed E-state index contributed by atoms with van der Waals surface area (Å²) < 4.78 is 7.47. The summed E-state index contributed by atoms with van der Waals surface area (Å²) in [7, 11) is 0. The zero-order valence-electron chi connectivity index (χ0n) is 15.5. The summed E-state index contributed by atoms with van der Waals surface area (Å²) in [6.45, 7) is 1.90. The Morgan fingerprint density at radius 2 is 2.00 bits per heavy atom. The summed E-state index contributed by atoms with van der Waals surface area (Å²) >= 11 is 0. The number of nitrogens with one attached hydrogen (secondary N) is 1. The number of carbonyl (C=O) groups is 1. The van der Waals surface area contributed by atoms with E-state index in [9.17, 15) is 14.9 Å². The van der Waals surface area contributed by atoms with Crippen molar-refractivity contribution in [3.05, 3.63) is 70.6 Å². The molecule has 2 aromatic heterocycles. The van der Waals surface area contributed by atoms with Gasteiger partial charge in [0, 0.05) is 35.1 Å². The van der Waals surface area contributed by atoms with E-state index in [2.05, 4.69) is 15.5 Å². The van der Waals surface area contributed by atoms with Crippen LogP contribution in [-0.4, -0.2) is 25.6 Å². The van der Waals surface area contributed by atoms with E-state index in [0.29, 0.717) is 29.6 Å². The summed E-state index contributed by atoms with van der Waals surface area (Å²) in [5.41, 5.74) is 1.74. The number of carbonyl (C=O) groups excluding carboxylic acids is 1. The zero-order chi connectivity index (χ0) is 20.4. The molecule has 146 valence electrons. The van der Waals surface area contributed by atoms with E-state index in [4.69, 9.17) is 4.42 Å². The van der Waals surface area contributed by atoms with Gasteiger partial charge in [0.05, 0.1) is 4.92 Å². The van der Waals surface area contributed by atoms with Gasteiger partial charge in [-0.1, -0.05) is 31.2 Å². The predicted molar refractivity (Wildman–Crippen MR) is 106 cm³/mol. The highest BCUT2D eigenvalue weighted by atomic mass is 16.6. The highest BCUT2D eigenvalue weighted by Gasteiger charge is 2.18. The molecule has 4 aromatic rings. The number of nitro benzene ring substituents is 1. The van der Waals surface area contributed by atoms with Gasteiger partial charge in [-0.2, -0.15) is 0 Å². The number of rotatable bonds is 6. The minimum Gasteiger partial charge on any atom is -0.419 e. The Morgan fingerprint density at radius 3 is 2.76 bits per heavy atom. The van der Waals surface area contributed by atoms with Gasteiger partial charge >= 0.3 is 0 Å². The van der Waals surface area contributed by atoms with Crippen LogP contribution in [0.25, 0.3) is 22.5 Å². The molecule has 0 unspecified atom stereocenters. The van der Waals surface area contributed by atoms with Gasteiger partial charge in [-0.15, -0.1) is 10.2 Å². The van der Waals surface area contributed by atoms with Crippen molar-refractivity contribution in [1.29, 1.82) is 0 Å². The second kappa shape index (κ2) is 7.55. The average molecular weight is 391 g/mol. The van der Waals surface area contributed by atoms with Gasteiger partial charge in [-0.3, -0.25) is 14.9 Å². The fourth-order valence-electron chi connectivity index (χ4n) is 3.10. The fraction of sp³-hybridized carbons (Fsp3) is 0.150. The van der Waals surface area contributed by atoms with E-state index in [1.807, 2.05) is 37.3 Å². The number of para-hydroxylation sites is 1. The molecule has 0 aliphatic heterocycles. The van der Waals surface area contributed by atoms with Crippen LogP contribution in [0.15, 0.2) is 59.0 Å². The molecule has 4 rings (SSSR count). The molecule has 0 saturated heterocycles. The molecule has 0 fully saturated rings. The van der Waals surface area contributed by atoms with Crippen LogP contribution in [-0.2, 0) is 17.8 Å². The molecule has 0 aliphatic carbocycles. The third-order valence-corrected chi connectivity index (χ3v) is 4.44. The quantitative estimate of drug-likeness (QED) is 0.395. The van der Waals surface area contributed by atoms with Gasteiger partial charge in [0.2, 0.25) is 11.8 Å². The van der Waals surface area contributed by atoms with Gasteiger partial charge < -0.3 is 14.3 Å². The van der Waals surface area contributed by atoms with Gasteiger partial charge in [0.25, 0.3) is 11.6 Å². The number of non-ortho nitro benzene ring substituents is 1. The van der Waals surface area contributed by atoms with E-state index < -0.39 is 4.92 Å². The Bertz CT molecular complexity index is 1210. The molecule has 0 saturated carbocycles. The molecular weight excluding hydrogens is 374 g/mol. The molecule has 1 amide bonds. The SMILES string of the molecule is CCc1nnc(-c2cc3ccccc3n2CC(=O)Nc2cccc([N+](=O)[O-])c2)o1. The number of amides is 1. The summed E-state index contributed by atoms with van der Waals surface area (Å²) in [6, 6.07) is 15.3. The monoisotopic (exact) mass is 391 g/mol. The number of aromatic nitrogens is 3. The third kappa shape index (κ3) is 3.70. The van der Waals surface area contributed by atoms with E-state index >= 15 is 0 Å². The van der Waals surface area contributed by atoms with Crippen LogP contribution in [0.4, 0.5) is 11.4 Å². The standard InChI is InChI=1S/C20H17N5O4/c1-2-19-22-23-20(29-19)17-10-13-6-3-4-9-16(13)24(17)12-18(26)21-14-7-5-8-15(11-14)25(27)28/h3-11H,2,12H2,1H3,(H,21,26). The number of nitro groups is 1. The minimum absolute atomic E-state index is 0.0185. The molecule has 9 heteroatoms. The van der Waals surface area contributed by atoms with Crippen LogP contribution in [0.3, 0.4) is 0 Å². The van der Waals surface area contributed by atoms with Gasteiger partial charge in [-0.25, -0.2) is 0 Å². The van der Waals surface area contributed by atoms with Crippen molar-refractivity contribution in [2.75, 3.05) is 5.32 Å². The summed E-state index contributed by atoms with van der Waals surface area (Å²) in [6.07, 6.45) is 0.612. The Kier molecular flexibility index (Phi) is 4.78. The van der Waals surface area contributed by atoms with Crippen molar-refractivity contribution in [2.45, 2.75) is 19.9 Å². The Labute approximate surface area is 165 Å². The van der Waals surface area contributed by atoms with E-state index in [1.54, 1.807) is 10.6 Å². The largest absolute Gasteiger partial charge is 0.419 e. The smallest absolute Gasteiger partial charge is 0.271 e. The molecule has 0 radical (unpaired) electrons. The first kappa shape index (κ1) is 18.4. The molecule has 0 atom stereocenters. The normalized spacial score (nSPS) is 10.9. The highest BCUT2D eigenvalue weighted by Crippen LogP contribution is 2.28. The van der Waals surface area contributed by atoms with Gasteiger partial charge in [0.1, 0.15) is 12.2 Å². The van der Waals surface area contributed by atoms with Crippen LogP contribution in [0.5, 0.6) is 0 Å². The number of benzene rings is 2. The van der Waals surface area contributed by atoms with Crippen LogP contribution >= 0.6 is 0 Å². The molecule has 0 aliphatic rings. The lowest BCUT2D eigenvalue weighted by atomic mass is 10.2. The Morgan fingerprint density at radius 1 is 1.17 bits per heavy atom. The second-order valence-electron chi connectivity index (χ2n) is 6.38. The molecule has 0 spiro atoms. The Hall–Kier alpha value is -4.01. The maximum atomic E-state index is 12.7. The Balaban J connectivity index is 1.66. The molecule has 2 aromatic carbocycles. The number of hydrogen-bond donors (Lipinski definition) is 1. The first-order valence-corrected chi connectivity index (χ1v) is 9.00. The number of nitrogens with zero attached hydrogens (tertiary/aromatic N) is 4. The summed E-state index contributed by atoms with van der Waals surface area (Å²) in [5, 5.41) is 22.7. The average Bonchev–Trinajstić information content (AvgIpc) is 3.33. The first-order chi connectivity index (χ1) is 14.0. The lowest BCUT2D eigenvalue weighted by molar-refractivity contribution is -0.384. The van der Waals surface area contributed by atoms with Crippen molar-refractivity contribution < 1.29 is 14.1 Å². The number of aryl methyl sites for hydroxylation is 1. The highest BCUT2D eigenvalue weighted by molar-refractivity contribution is 5.93. The predicted octanol–water partition coefficient (Wildman–Crippen LogP) is 3.80. The molecule has 9 nitrogen and oxygen atoms in total. The van der Waals surface area contributed by atoms with Crippen LogP contribution in [0, 0.1) is 10.1 Å². The summed E-state index contributed by atoms with van der Waals surface area (Å²) in [5.74, 6) is 0.516. The van der Waals surface area contributed by atoms with Crippen molar-refractivity contribution >= 4 is 28.2 Å². The van der Waals surface area contributed by atoms with E-state index in [0.717, 1.165) is 10.9 Å². The second-order valence-corrected chi connectivity index (χ2v) is 6.38. The molecular formula is C20H17N5O4. The molecule has 2 heterocycles. The first-order valence-electron chi connectivity index (χ1n) is 9.00. The number of hydrogen-bond acceptors (Lipinski definition) is 6. The van der Waals surface area contributed by atoms with Gasteiger partial charge in [0.15, 0.2) is 0 Å². The van der Waals surface area contributed by atoms with Crippen LogP contribution in [0.1, 0.15) is 12.8 Å². The van der Waals surface area contributed by atoms with Crippen LogP contribution < -0.4 is 5.32 Å². The van der Waals surface area contributed by atoms with Crippen LogP contribution in [0.2, 0.25) is 0 Å². The molecule has 0 bridgehead atoms. The van der Waals surface area contributed by atoms with Crippen molar-refractivity contribution in [3.63, 3.8) is 0 Å². The summed E-state index contributed by atoms with van der Waals surface area (Å²) in [4.78, 5) is 23.1. The lowest BCUT2D eigenvalue weighted by Crippen LogP contribution is -2.19. The fourth-order valence-corrected chi connectivity index (χ4v) is 3.10. The lowest BCUT2D eigenvalue weighted by Gasteiger charge is -2.10. The molecule has 1 N–H and O–H groups in total. The van der Waals surface area contributed by atoms with E-state index in [-0.39, 0.29) is 18.1 Å². The molecule has 29 heavy (non-hydrogen) atoms. The third-order valence-electron chi connectivity index (χ3n) is 4.44. The number of anilines is 1. The maximum Gasteiger partial charge on any atom is 0.271 e. The number of fused-ring (bicyclic) bond motifs is 1. The zero-order valence-corrected chi connectivity index (χ0v) is 15.5. The minimum atomic E-state index is -0.506. The topological polar surface area (TPSA) is 116 Å². The van der Waals surface area contributed by atoms with Crippen molar-refractivity contribution in [1.82, 2.24) is 14.8 Å². The van der Waals surface area contributed by atoms with Gasteiger partial charge in [-0.05, 0) is 18.2 Å².